The van der Waals surface area contributed by atoms with Gasteiger partial charge in [0.25, 0.3) is 0 Å². The number of amides is 3. The van der Waals surface area contributed by atoms with E-state index in [0.29, 0.717) is 38.4 Å². The first-order valence-corrected chi connectivity index (χ1v) is 11.2. The Labute approximate surface area is 187 Å². The molecule has 1 aromatic rings. The molecule has 1 fully saturated rings. The molecule has 2 N–H and O–H groups in total. The summed E-state index contributed by atoms with van der Waals surface area (Å²) in [7, 11) is 0. The van der Waals surface area contributed by atoms with Crippen molar-refractivity contribution in [2.45, 2.75) is 52.1 Å². The number of likely N-dealkylation sites (tertiary alicyclic amines) is 1. The van der Waals surface area contributed by atoms with Crippen LogP contribution in [-0.4, -0.2) is 54.6 Å². The standard InChI is InChI=1S/C22H32BrN3O4/c1-22(2,3)30-21(29)25-15-20(28)26-12-10-16(11-13-26)14-24-19(27)9-8-17-6-4-5-7-18(17)23/h4-7,16H,8-15H2,1-3H3,(H,24,27)(H,25,29). The molecule has 2 rings (SSSR count). The number of benzene rings is 1. The SMILES string of the molecule is CC(C)(C)OC(=O)NCC(=O)N1CCC(CNC(=O)CCc2ccccc2Br)CC1. The summed E-state index contributed by atoms with van der Waals surface area (Å²) >= 11 is 3.50. The molecule has 3 amide bonds. The largest absolute Gasteiger partial charge is 0.444 e. The second kappa shape index (κ2) is 11.3. The molecule has 0 spiro atoms. The molecular weight excluding hydrogens is 450 g/mol. The number of piperidine rings is 1. The number of nitrogens with one attached hydrogen (secondary N) is 2. The monoisotopic (exact) mass is 481 g/mol. The zero-order valence-corrected chi connectivity index (χ0v) is 19.6. The third-order valence-electron chi connectivity index (χ3n) is 4.92. The maximum Gasteiger partial charge on any atom is 0.408 e. The first kappa shape index (κ1) is 24.2. The topological polar surface area (TPSA) is 87.7 Å². The molecule has 0 unspecified atom stereocenters. The number of hydrogen-bond acceptors (Lipinski definition) is 4. The Morgan fingerprint density at radius 1 is 1.13 bits per heavy atom. The van der Waals surface area contributed by atoms with E-state index in [1.165, 1.54) is 0 Å². The van der Waals surface area contributed by atoms with Gasteiger partial charge in [-0.1, -0.05) is 34.1 Å². The Hall–Kier alpha value is -2.09. The number of carbonyl (C=O) groups is 3. The number of hydrogen-bond donors (Lipinski definition) is 2. The van der Waals surface area contributed by atoms with Crippen molar-refractivity contribution in [3.8, 4) is 0 Å². The summed E-state index contributed by atoms with van der Waals surface area (Å²) in [5, 5.41) is 5.52. The van der Waals surface area contributed by atoms with E-state index in [-0.39, 0.29) is 18.4 Å². The van der Waals surface area contributed by atoms with Crippen molar-refractivity contribution in [1.29, 1.82) is 0 Å². The van der Waals surface area contributed by atoms with Crippen LogP contribution < -0.4 is 10.6 Å². The summed E-state index contributed by atoms with van der Waals surface area (Å²) in [6.07, 6.45) is 2.24. The van der Waals surface area contributed by atoms with E-state index in [1.807, 2.05) is 24.3 Å². The Morgan fingerprint density at radius 2 is 1.80 bits per heavy atom. The van der Waals surface area contributed by atoms with Crippen molar-refractivity contribution in [3.05, 3.63) is 34.3 Å². The summed E-state index contributed by atoms with van der Waals surface area (Å²) in [6, 6.07) is 7.92. The molecule has 1 aliphatic rings. The molecule has 30 heavy (non-hydrogen) atoms. The first-order chi connectivity index (χ1) is 14.1. The molecule has 0 radical (unpaired) electrons. The number of ether oxygens (including phenoxy) is 1. The van der Waals surface area contributed by atoms with E-state index >= 15 is 0 Å². The molecular formula is C22H32BrN3O4. The van der Waals surface area contributed by atoms with Gasteiger partial charge in [0, 0.05) is 30.5 Å². The number of rotatable bonds is 7. The maximum atomic E-state index is 12.3. The minimum atomic E-state index is -0.590. The minimum Gasteiger partial charge on any atom is -0.444 e. The van der Waals surface area contributed by atoms with E-state index in [4.69, 9.17) is 4.74 Å². The molecule has 0 aliphatic carbocycles. The molecule has 8 heteroatoms. The summed E-state index contributed by atoms with van der Waals surface area (Å²) in [5.41, 5.74) is 0.535. The number of carbonyl (C=O) groups excluding carboxylic acids is 3. The number of alkyl carbamates (subject to hydrolysis) is 1. The van der Waals surface area contributed by atoms with E-state index < -0.39 is 11.7 Å². The van der Waals surface area contributed by atoms with Crippen molar-refractivity contribution in [3.63, 3.8) is 0 Å². The van der Waals surface area contributed by atoms with Gasteiger partial charge < -0.3 is 20.3 Å². The van der Waals surface area contributed by atoms with Crippen LogP contribution >= 0.6 is 15.9 Å². The molecule has 1 aromatic carbocycles. The Balaban J connectivity index is 1.62. The fourth-order valence-electron chi connectivity index (χ4n) is 3.26. The van der Waals surface area contributed by atoms with Crippen molar-refractivity contribution in [2.24, 2.45) is 5.92 Å². The lowest BCUT2D eigenvalue weighted by Crippen LogP contribution is -2.46. The third-order valence-corrected chi connectivity index (χ3v) is 5.69. The van der Waals surface area contributed by atoms with Gasteiger partial charge in [-0.25, -0.2) is 4.79 Å². The van der Waals surface area contributed by atoms with E-state index in [1.54, 1.807) is 25.7 Å². The molecule has 0 bridgehead atoms. The van der Waals surface area contributed by atoms with Crippen LogP contribution in [0, 0.1) is 5.92 Å². The van der Waals surface area contributed by atoms with Gasteiger partial charge in [-0.2, -0.15) is 0 Å². The van der Waals surface area contributed by atoms with Gasteiger partial charge in [-0.3, -0.25) is 9.59 Å². The lowest BCUT2D eigenvalue weighted by molar-refractivity contribution is -0.131. The first-order valence-electron chi connectivity index (χ1n) is 10.4. The quantitative estimate of drug-likeness (QED) is 0.625. The van der Waals surface area contributed by atoms with Crippen LogP contribution in [0.4, 0.5) is 4.79 Å². The molecule has 1 aliphatic heterocycles. The average molecular weight is 482 g/mol. The Kier molecular flexibility index (Phi) is 9.14. The highest BCUT2D eigenvalue weighted by Crippen LogP contribution is 2.18. The smallest absolute Gasteiger partial charge is 0.408 e. The van der Waals surface area contributed by atoms with Crippen LogP contribution in [-0.2, 0) is 20.7 Å². The normalized spacial score (nSPS) is 14.9. The van der Waals surface area contributed by atoms with Gasteiger partial charge in [-0.15, -0.1) is 0 Å². The highest BCUT2D eigenvalue weighted by Gasteiger charge is 2.24. The fourth-order valence-corrected chi connectivity index (χ4v) is 3.74. The van der Waals surface area contributed by atoms with Crippen molar-refractivity contribution >= 4 is 33.8 Å². The second-order valence-corrected chi connectivity index (χ2v) is 9.43. The van der Waals surface area contributed by atoms with Gasteiger partial charge in [-0.05, 0) is 57.6 Å². The van der Waals surface area contributed by atoms with Gasteiger partial charge in [0.1, 0.15) is 12.1 Å². The predicted molar refractivity (Wildman–Crippen MR) is 119 cm³/mol. The van der Waals surface area contributed by atoms with Crippen molar-refractivity contribution < 1.29 is 19.1 Å². The highest BCUT2D eigenvalue weighted by atomic mass is 79.9. The number of aryl methyl sites for hydroxylation is 1. The highest BCUT2D eigenvalue weighted by molar-refractivity contribution is 9.10. The maximum absolute atomic E-state index is 12.3. The minimum absolute atomic E-state index is 0.0471. The van der Waals surface area contributed by atoms with Crippen LogP contribution in [0.1, 0.15) is 45.6 Å². The lowest BCUT2D eigenvalue weighted by atomic mass is 9.96. The fraction of sp³-hybridized carbons (Fsp3) is 0.591. The van der Waals surface area contributed by atoms with Crippen LogP contribution in [0.15, 0.2) is 28.7 Å². The number of halogens is 1. The zero-order valence-electron chi connectivity index (χ0n) is 18.0. The summed E-state index contributed by atoms with van der Waals surface area (Å²) in [6.45, 7) is 7.16. The zero-order chi connectivity index (χ0) is 22.1. The summed E-state index contributed by atoms with van der Waals surface area (Å²) in [5.74, 6) is 0.294. The van der Waals surface area contributed by atoms with Crippen molar-refractivity contribution in [2.75, 3.05) is 26.2 Å². The molecule has 166 valence electrons. The van der Waals surface area contributed by atoms with E-state index in [9.17, 15) is 14.4 Å². The lowest BCUT2D eigenvalue weighted by Gasteiger charge is -2.32. The molecule has 0 aromatic heterocycles. The second-order valence-electron chi connectivity index (χ2n) is 8.58. The van der Waals surface area contributed by atoms with E-state index in [0.717, 1.165) is 22.9 Å². The van der Waals surface area contributed by atoms with Crippen LogP contribution in [0.5, 0.6) is 0 Å². The van der Waals surface area contributed by atoms with Gasteiger partial charge in [0.15, 0.2) is 0 Å². The van der Waals surface area contributed by atoms with Gasteiger partial charge in [0.2, 0.25) is 11.8 Å². The van der Waals surface area contributed by atoms with E-state index in [2.05, 4.69) is 26.6 Å². The molecule has 1 saturated heterocycles. The molecule has 1 heterocycles. The Morgan fingerprint density at radius 3 is 2.43 bits per heavy atom. The predicted octanol–water partition coefficient (Wildman–Crippen LogP) is 3.26. The molecule has 7 nitrogen and oxygen atoms in total. The summed E-state index contributed by atoms with van der Waals surface area (Å²) in [4.78, 5) is 37.8. The van der Waals surface area contributed by atoms with Crippen LogP contribution in [0.25, 0.3) is 0 Å². The van der Waals surface area contributed by atoms with Crippen LogP contribution in [0.2, 0.25) is 0 Å². The van der Waals surface area contributed by atoms with Crippen molar-refractivity contribution in [1.82, 2.24) is 15.5 Å². The average Bonchev–Trinajstić information content (AvgIpc) is 2.69. The van der Waals surface area contributed by atoms with Gasteiger partial charge >= 0.3 is 6.09 Å². The number of nitrogens with zero attached hydrogens (tertiary/aromatic N) is 1. The molecule has 0 saturated carbocycles. The molecule has 0 atom stereocenters. The van der Waals surface area contributed by atoms with Crippen LogP contribution in [0.3, 0.4) is 0 Å². The van der Waals surface area contributed by atoms with Gasteiger partial charge in [0.05, 0.1) is 0 Å². The third kappa shape index (κ3) is 8.73. The summed E-state index contributed by atoms with van der Waals surface area (Å²) < 4.78 is 6.16. The Bertz CT molecular complexity index is 740.